The van der Waals surface area contributed by atoms with E-state index in [-0.39, 0.29) is 0 Å². The number of ether oxygens (including phenoxy) is 1. The van der Waals surface area contributed by atoms with Crippen LogP contribution >= 0.6 is 11.6 Å². The van der Waals surface area contributed by atoms with E-state index in [1.54, 1.807) is 24.3 Å². The minimum absolute atomic E-state index is 0.456. The summed E-state index contributed by atoms with van der Waals surface area (Å²) in [6, 6.07) is 20.8. The molecule has 0 radical (unpaired) electrons. The van der Waals surface area contributed by atoms with Crippen molar-refractivity contribution in [2.75, 3.05) is 0 Å². The van der Waals surface area contributed by atoms with E-state index in [0.717, 1.165) is 11.1 Å². The maximum absolute atomic E-state index is 11.0. The van der Waals surface area contributed by atoms with Crippen molar-refractivity contribution in [1.29, 1.82) is 0 Å². The Morgan fingerprint density at radius 3 is 2.15 bits per heavy atom. The fourth-order valence-corrected chi connectivity index (χ4v) is 2.15. The fraction of sp³-hybridized carbons (Fsp3) is 0. The minimum atomic E-state index is -0.470. The van der Waals surface area contributed by atoms with Gasteiger partial charge in [-0.25, -0.2) is 0 Å². The molecular formula is C17H11ClO2. The zero-order valence-electron chi connectivity index (χ0n) is 10.5. The molecule has 2 nitrogen and oxygen atoms in total. The molecule has 0 atom stereocenters. The van der Waals surface area contributed by atoms with Crippen LogP contribution in [0.25, 0.3) is 10.8 Å². The Morgan fingerprint density at radius 2 is 1.45 bits per heavy atom. The average Bonchev–Trinajstić information content (AvgIpc) is 2.48. The number of rotatable bonds is 3. The van der Waals surface area contributed by atoms with Crippen molar-refractivity contribution in [2.45, 2.75) is 0 Å². The highest BCUT2D eigenvalue weighted by molar-refractivity contribution is 6.67. The van der Waals surface area contributed by atoms with Crippen LogP contribution in [0.3, 0.4) is 0 Å². The molecule has 3 aromatic carbocycles. The highest BCUT2D eigenvalue weighted by Gasteiger charge is 2.03. The summed E-state index contributed by atoms with van der Waals surface area (Å²) in [5, 5.41) is 1.82. The van der Waals surface area contributed by atoms with Crippen molar-refractivity contribution >= 4 is 27.6 Å². The van der Waals surface area contributed by atoms with Crippen molar-refractivity contribution in [3.05, 3.63) is 72.3 Å². The normalized spacial score (nSPS) is 10.4. The Kier molecular flexibility index (Phi) is 3.40. The number of fused-ring (bicyclic) bond motifs is 1. The monoisotopic (exact) mass is 282 g/mol. The first-order chi connectivity index (χ1) is 9.72. The van der Waals surface area contributed by atoms with Gasteiger partial charge in [0.05, 0.1) is 0 Å². The zero-order chi connectivity index (χ0) is 13.9. The van der Waals surface area contributed by atoms with E-state index < -0.39 is 5.24 Å². The van der Waals surface area contributed by atoms with Crippen LogP contribution in [0, 0.1) is 0 Å². The number of hydrogen-bond acceptors (Lipinski definition) is 2. The zero-order valence-corrected chi connectivity index (χ0v) is 11.3. The van der Waals surface area contributed by atoms with Crippen LogP contribution in [0.5, 0.6) is 11.5 Å². The topological polar surface area (TPSA) is 26.3 Å². The van der Waals surface area contributed by atoms with Gasteiger partial charge < -0.3 is 4.74 Å². The van der Waals surface area contributed by atoms with Gasteiger partial charge in [0.25, 0.3) is 5.24 Å². The van der Waals surface area contributed by atoms with E-state index in [1.807, 2.05) is 36.4 Å². The lowest BCUT2D eigenvalue weighted by Crippen LogP contribution is -1.89. The number of carbonyl (C=O) groups excluding carboxylic acids is 1. The Bertz CT molecular complexity index is 763. The maximum Gasteiger partial charge on any atom is 0.252 e. The molecule has 0 heterocycles. The van der Waals surface area contributed by atoms with E-state index in [4.69, 9.17) is 16.3 Å². The van der Waals surface area contributed by atoms with Gasteiger partial charge in [-0.15, -0.1) is 0 Å². The van der Waals surface area contributed by atoms with Gasteiger partial charge >= 0.3 is 0 Å². The molecule has 0 N–H and O–H groups in total. The molecule has 3 aromatic rings. The lowest BCUT2D eigenvalue weighted by molar-refractivity contribution is 0.108. The molecule has 0 aromatic heterocycles. The predicted molar refractivity (Wildman–Crippen MR) is 80.6 cm³/mol. The van der Waals surface area contributed by atoms with E-state index in [0.29, 0.717) is 11.3 Å². The summed E-state index contributed by atoms with van der Waals surface area (Å²) < 4.78 is 5.77. The quantitative estimate of drug-likeness (QED) is 0.631. The number of carbonyl (C=O) groups is 1. The second-order valence-corrected chi connectivity index (χ2v) is 4.75. The molecule has 0 spiro atoms. The molecule has 0 fully saturated rings. The third kappa shape index (κ3) is 2.65. The molecular weight excluding hydrogens is 272 g/mol. The summed E-state index contributed by atoms with van der Waals surface area (Å²) in [5.74, 6) is 1.43. The van der Waals surface area contributed by atoms with E-state index in [9.17, 15) is 4.79 Å². The minimum Gasteiger partial charge on any atom is -0.457 e. The SMILES string of the molecule is O=C(Cl)c1ccc(Oc2ccc3ccccc3c2)cc1. The summed E-state index contributed by atoms with van der Waals surface area (Å²) in [5.41, 5.74) is 0.456. The van der Waals surface area contributed by atoms with Crippen LogP contribution in [0.15, 0.2) is 66.7 Å². The van der Waals surface area contributed by atoms with Crippen molar-refractivity contribution in [3.8, 4) is 11.5 Å². The average molecular weight is 283 g/mol. The Labute approximate surface area is 121 Å². The summed E-state index contributed by atoms with van der Waals surface area (Å²) in [4.78, 5) is 11.0. The molecule has 0 bridgehead atoms. The molecule has 0 saturated heterocycles. The van der Waals surface area contributed by atoms with Crippen molar-refractivity contribution in [2.24, 2.45) is 0 Å². The van der Waals surface area contributed by atoms with Crippen LogP contribution in [0.1, 0.15) is 10.4 Å². The van der Waals surface area contributed by atoms with Gasteiger partial charge in [0, 0.05) is 5.56 Å². The molecule has 0 aliphatic carbocycles. The molecule has 0 aliphatic heterocycles. The van der Waals surface area contributed by atoms with Crippen LogP contribution in [0.2, 0.25) is 0 Å². The third-order valence-corrected chi connectivity index (χ3v) is 3.26. The Balaban J connectivity index is 1.87. The molecule has 0 unspecified atom stereocenters. The highest BCUT2D eigenvalue weighted by Crippen LogP contribution is 2.26. The van der Waals surface area contributed by atoms with E-state index >= 15 is 0 Å². The molecule has 0 aliphatic rings. The summed E-state index contributed by atoms with van der Waals surface area (Å²) in [6.07, 6.45) is 0. The second kappa shape index (κ2) is 5.35. The summed E-state index contributed by atoms with van der Waals surface area (Å²) in [6.45, 7) is 0. The highest BCUT2D eigenvalue weighted by atomic mass is 35.5. The largest absolute Gasteiger partial charge is 0.457 e. The maximum atomic E-state index is 11.0. The van der Waals surface area contributed by atoms with Gasteiger partial charge in [-0.05, 0) is 58.8 Å². The first-order valence-electron chi connectivity index (χ1n) is 6.19. The van der Waals surface area contributed by atoms with Crippen LogP contribution in [-0.4, -0.2) is 5.24 Å². The van der Waals surface area contributed by atoms with Crippen molar-refractivity contribution < 1.29 is 9.53 Å². The molecule has 20 heavy (non-hydrogen) atoms. The number of hydrogen-bond donors (Lipinski definition) is 0. The molecule has 0 saturated carbocycles. The van der Waals surface area contributed by atoms with Crippen molar-refractivity contribution in [3.63, 3.8) is 0 Å². The first kappa shape index (κ1) is 12.7. The molecule has 98 valence electrons. The second-order valence-electron chi connectivity index (χ2n) is 4.41. The van der Waals surface area contributed by atoms with E-state index in [1.165, 1.54) is 5.39 Å². The Hall–Kier alpha value is -2.32. The van der Waals surface area contributed by atoms with Gasteiger partial charge in [0.1, 0.15) is 11.5 Å². The van der Waals surface area contributed by atoms with Gasteiger partial charge in [-0.3, -0.25) is 4.79 Å². The Morgan fingerprint density at radius 1 is 0.800 bits per heavy atom. The van der Waals surface area contributed by atoms with Gasteiger partial charge in [0.15, 0.2) is 0 Å². The fourth-order valence-electron chi connectivity index (χ4n) is 2.02. The summed E-state index contributed by atoms with van der Waals surface area (Å²) >= 11 is 5.40. The lowest BCUT2D eigenvalue weighted by Gasteiger charge is -2.07. The van der Waals surface area contributed by atoms with Crippen LogP contribution in [0.4, 0.5) is 0 Å². The molecule has 0 amide bonds. The van der Waals surface area contributed by atoms with Gasteiger partial charge in [-0.2, -0.15) is 0 Å². The van der Waals surface area contributed by atoms with Crippen molar-refractivity contribution in [1.82, 2.24) is 0 Å². The van der Waals surface area contributed by atoms with E-state index in [2.05, 4.69) is 6.07 Å². The standard InChI is InChI=1S/C17H11ClO2/c18-17(19)13-6-8-15(9-7-13)20-16-10-5-12-3-1-2-4-14(12)11-16/h1-11H. The van der Waals surface area contributed by atoms with Gasteiger partial charge in [0.2, 0.25) is 0 Å². The predicted octanol–water partition coefficient (Wildman–Crippen LogP) is 5.01. The third-order valence-electron chi connectivity index (χ3n) is 3.04. The molecule has 3 rings (SSSR count). The molecule has 3 heteroatoms. The smallest absolute Gasteiger partial charge is 0.252 e. The van der Waals surface area contributed by atoms with Crippen LogP contribution < -0.4 is 4.74 Å². The van der Waals surface area contributed by atoms with Crippen LogP contribution in [-0.2, 0) is 0 Å². The summed E-state index contributed by atoms with van der Waals surface area (Å²) in [7, 11) is 0. The van der Waals surface area contributed by atoms with Gasteiger partial charge in [-0.1, -0.05) is 30.3 Å². The first-order valence-corrected chi connectivity index (χ1v) is 6.57. The number of benzene rings is 3. The number of halogens is 1. The lowest BCUT2D eigenvalue weighted by atomic mass is 10.1.